The van der Waals surface area contributed by atoms with Crippen LogP contribution in [0.15, 0.2) is 29.0 Å². The Morgan fingerprint density at radius 3 is 2.69 bits per heavy atom. The highest BCUT2D eigenvalue weighted by Crippen LogP contribution is 2.31. The normalized spacial score (nSPS) is 10.2. The molecule has 2 aromatic heterocycles. The van der Waals surface area contributed by atoms with Crippen LogP contribution in [0.4, 0.5) is 0 Å². The Morgan fingerprint density at radius 1 is 1.23 bits per heavy atom. The van der Waals surface area contributed by atoms with Crippen molar-refractivity contribution in [2.24, 2.45) is 0 Å². The second-order valence-corrected chi connectivity index (χ2v) is 4.31. The van der Waals surface area contributed by atoms with Crippen LogP contribution in [-0.4, -0.2) is 11.1 Å². The van der Waals surface area contributed by atoms with Gasteiger partial charge >= 0.3 is 5.97 Å². The maximum Gasteiger partial charge on any atom is 0.346 e. The molecule has 0 radical (unpaired) electrons. The van der Waals surface area contributed by atoms with Gasteiger partial charge in [0.2, 0.25) is 0 Å². The smallest absolute Gasteiger partial charge is 0.346 e. The van der Waals surface area contributed by atoms with Gasteiger partial charge in [0.05, 0.1) is 0 Å². The topological polar surface area (TPSA) is 37.3 Å². The van der Waals surface area contributed by atoms with E-state index < -0.39 is 5.97 Å². The molecule has 0 aliphatic heterocycles. The van der Waals surface area contributed by atoms with Gasteiger partial charge in [-0.3, -0.25) is 0 Å². The molecule has 0 unspecified atom stereocenters. The first kappa shape index (κ1) is 8.47. The van der Waals surface area contributed by atoms with E-state index in [4.69, 9.17) is 5.11 Å². The average molecular weight is 210 g/mol. The van der Waals surface area contributed by atoms with Crippen molar-refractivity contribution < 1.29 is 9.90 Å². The molecule has 0 fully saturated rings. The zero-order chi connectivity index (χ0) is 9.26. The van der Waals surface area contributed by atoms with E-state index in [0.29, 0.717) is 4.88 Å². The van der Waals surface area contributed by atoms with E-state index in [1.807, 2.05) is 23.6 Å². The predicted molar refractivity (Wildman–Crippen MR) is 54.6 cm³/mol. The van der Waals surface area contributed by atoms with Crippen molar-refractivity contribution >= 4 is 28.6 Å². The van der Waals surface area contributed by atoms with Gasteiger partial charge in [-0.1, -0.05) is 6.07 Å². The zero-order valence-corrected chi connectivity index (χ0v) is 8.19. The number of rotatable bonds is 2. The summed E-state index contributed by atoms with van der Waals surface area (Å²) in [7, 11) is 0. The fourth-order valence-corrected chi connectivity index (χ4v) is 2.67. The van der Waals surface area contributed by atoms with Gasteiger partial charge in [-0.05, 0) is 22.9 Å². The van der Waals surface area contributed by atoms with Crippen molar-refractivity contribution in [3.63, 3.8) is 0 Å². The van der Waals surface area contributed by atoms with E-state index in [9.17, 15) is 4.79 Å². The van der Waals surface area contributed by atoms with Crippen molar-refractivity contribution in [2.45, 2.75) is 0 Å². The molecule has 4 heteroatoms. The summed E-state index contributed by atoms with van der Waals surface area (Å²) in [5, 5.41) is 12.6. The Balaban J connectivity index is 2.52. The van der Waals surface area contributed by atoms with Gasteiger partial charge in [-0.15, -0.1) is 22.7 Å². The average Bonchev–Trinajstić information content (AvgIpc) is 2.74. The van der Waals surface area contributed by atoms with Crippen LogP contribution in [-0.2, 0) is 0 Å². The molecule has 0 bridgehead atoms. The molecule has 1 N–H and O–H groups in total. The standard InChI is InChI=1S/C9H6O2S2/c10-9(11)8-6(3-5-13-8)7-2-1-4-12-7/h1-5H,(H,10,11). The summed E-state index contributed by atoms with van der Waals surface area (Å²) < 4.78 is 0. The quantitative estimate of drug-likeness (QED) is 0.826. The summed E-state index contributed by atoms with van der Waals surface area (Å²) >= 11 is 2.82. The third-order valence-corrected chi connectivity index (χ3v) is 3.45. The van der Waals surface area contributed by atoms with E-state index in [-0.39, 0.29) is 0 Å². The second-order valence-electron chi connectivity index (χ2n) is 2.45. The monoisotopic (exact) mass is 210 g/mol. The Hall–Kier alpha value is -1.13. The molecule has 0 atom stereocenters. The summed E-state index contributed by atoms with van der Waals surface area (Å²) in [5.41, 5.74) is 0.826. The van der Waals surface area contributed by atoms with E-state index in [1.165, 1.54) is 11.3 Å². The lowest BCUT2D eigenvalue weighted by Gasteiger charge is -1.94. The molecule has 2 heterocycles. The van der Waals surface area contributed by atoms with Gasteiger partial charge < -0.3 is 5.11 Å². The molecule has 0 aliphatic rings. The molecular formula is C9H6O2S2. The Kier molecular flexibility index (Phi) is 2.16. The number of carboxylic acid groups (broad SMARTS) is 1. The molecule has 0 saturated heterocycles. The number of thiophene rings is 2. The lowest BCUT2D eigenvalue weighted by molar-refractivity contribution is 0.0703. The molecule has 2 aromatic rings. The van der Waals surface area contributed by atoms with Gasteiger partial charge in [0.1, 0.15) is 4.88 Å². The molecular weight excluding hydrogens is 204 g/mol. The second kappa shape index (κ2) is 3.32. The maximum absolute atomic E-state index is 10.8. The molecule has 0 saturated carbocycles. The largest absolute Gasteiger partial charge is 0.477 e. The SMILES string of the molecule is O=C(O)c1sccc1-c1cccs1. The Labute approximate surface area is 83.1 Å². The number of hydrogen-bond acceptors (Lipinski definition) is 3. The highest BCUT2D eigenvalue weighted by molar-refractivity contribution is 7.15. The van der Waals surface area contributed by atoms with Crippen LogP contribution < -0.4 is 0 Å². The van der Waals surface area contributed by atoms with E-state index in [0.717, 1.165) is 10.4 Å². The zero-order valence-electron chi connectivity index (χ0n) is 6.56. The fourth-order valence-electron chi connectivity index (χ4n) is 1.10. The Morgan fingerprint density at radius 2 is 2.08 bits per heavy atom. The molecule has 2 nitrogen and oxygen atoms in total. The van der Waals surface area contributed by atoms with Crippen LogP contribution in [0.3, 0.4) is 0 Å². The van der Waals surface area contributed by atoms with Gasteiger partial charge in [-0.25, -0.2) is 4.79 Å². The van der Waals surface area contributed by atoms with E-state index in [1.54, 1.807) is 16.7 Å². The van der Waals surface area contributed by atoms with Crippen molar-refractivity contribution in [1.29, 1.82) is 0 Å². The van der Waals surface area contributed by atoms with Crippen LogP contribution in [0.5, 0.6) is 0 Å². The van der Waals surface area contributed by atoms with E-state index in [2.05, 4.69) is 0 Å². The number of aromatic carboxylic acids is 1. The minimum atomic E-state index is -0.849. The minimum absolute atomic E-state index is 0.419. The first-order valence-corrected chi connectivity index (χ1v) is 5.39. The van der Waals surface area contributed by atoms with Crippen LogP contribution in [0.25, 0.3) is 10.4 Å². The summed E-state index contributed by atoms with van der Waals surface area (Å²) in [6, 6.07) is 5.70. The van der Waals surface area contributed by atoms with E-state index >= 15 is 0 Å². The molecule has 0 aromatic carbocycles. The predicted octanol–water partition coefficient (Wildman–Crippen LogP) is 3.17. The maximum atomic E-state index is 10.8. The van der Waals surface area contributed by atoms with Crippen molar-refractivity contribution in [3.8, 4) is 10.4 Å². The fraction of sp³-hybridized carbons (Fsp3) is 0. The molecule has 0 amide bonds. The van der Waals surface area contributed by atoms with Gasteiger partial charge in [0.25, 0.3) is 0 Å². The molecule has 0 aliphatic carbocycles. The number of carbonyl (C=O) groups is 1. The number of hydrogen-bond donors (Lipinski definition) is 1. The van der Waals surface area contributed by atoms with Crippen molar-refractivity contribution in [2.75, 3.05) is 0 Å². The summed E-state index contributed by atoms with van der Waals surface area (Å²) in [4.78, 5) is 12.2. The molecule has 13 heavy (non-hydrogen) atoms. The highest BCUT2D eigenvalue weighted by Gasteiger charge is 2.13. The summed E-state index contributed by atoms with van der Waals surface area (Å²) in [6.45, 7) is 0. The van der Waals surface area contributed by atoms with Gasteiger partial charge in [0.15, 0.2) is 0 Å². The third-order valence-electron chi connectivity index (χ3n) is 1.65. The first-order chi connectivity index (χ1) is 6.29. The van der Waals surface area contributed by atoms with Crippen LogP contribution in [0, 0.1) is 0 Å². The van der Waals surface area contributed by atoms with Gasteiger partial charge in [0, 0.05) is 10.4 Å². The minimum Gasteiger partial charge on any atom is -0.477 e. The lowest BCUT2D eigenvalue weighted by atomic mass is 10.2. The van der Waals surface area contributed by atoms with Gasteiger partial charge in [-0.2, -0.15) is 0 Å². The summed E-state index contributed by atoms with van der Waals surface area (Å²) in [6.07, 6.45) is 0. The van der Waals surface area contributed by atoms with Crippen molar-refractivity contribution in [1.82, 2.24) is 0 Å². The lowest BCUT2D eigenvalue weighted by Crippen LogP contribution is -1.93. The summed E-state index contributed by atoms with van der Waals surface area (Å²) in [5.74, 6) is -0.849. The third kappa shape index (κ3) is 1.50. The van der Waals surface area contributed by atoms with Crippen LogP contribution in [0.1, 0.15) is 9.67 Å². The highest BCUT2D eigenvalue weighted by atomic mass is 32.1. The number of carboxylic acids is 1. The first-order valence-electron chi connectivity index (χ1n) is 3.63. The van der Waals surface area contributed by atoms with Crippen LogP contribution >= 0.6 is 22.7 Å². The van der Waals surface area contributed by atoms with Crippen LogP contribution in [0.2, 0.25) is 0 Å². The molecule has 2 rings (SSSR count). The Bertz CT molecular complexity index is 415. The van der Waals surface area contributed by atoms with Crippen molar-refractivity contribution in [3.05, 3.63) is 33.8 Å². The molecule has 66 valence electrons. The molecule has 0 spiro atoms.